The number of H-pyrrole nitrogens is 1. The van der Waals surface area contributed by atoms with Gasteiger partial charge >= 0.3 is 12.0 Å². The summed E-state index contributed by atoms with van der Waals surface area (Å²) in [6.07, 6.45) is 7.28. The largest absolute Gasteiger partial charge is 0.444 e. The van der Waals surface area contributed by atoms with E-state index in [1.54, 1.807) is 6.92 Å². The predicted octanol–water partition coefficient (Wildman–Crippen LogP) is 5.87. The molecule has 2 N–H and O–H groups in total. The number of nitrogens with one attached hydrogen (secondary N) is 2. The lowest BCUT2D eigenvalue weighted by atomic mass is 9.98. The molecule has 0 saturated carbocycles. The maximum absolute atomic E-state index is 13.4. The van der Waals surface area contributed by atoms with Gasteiger partial charge < -0.3 is 10.1 Å². The molecule has 0 saturated heterocycles. The van der Waals surface area contributed by atoms with Gasteiger partial charge in [-0.3, -0.25) is 5.10 Å². The first-order chi connectivity index (χ1) is 19.1. The number of aryl methyl sites for hydroxylation is 1. The van der Waals surface area contributed by atoms with E-state index < -0.39 is 11.7 Å². The zero-order valence-electron chi connectivity index (χ0n) is 24.7. The number of carbonyl (C=O) groups excluding carboxylic acids is 2. The van der Waals surface area contributed by atoms with Gasteiger partial charge in [-0.15, -0.1) is 5.01 Å². The summed E-state index contributed by atoms with van der Waals surface area (Å²) in [7, 11) is 0. The minimum absolute atomic E-state index is 0.0154. The number of aromatic amines is 1. The average molecular weight is 548 g/mol. The molecule has 2 atom stereocenters. The molecule has 214 valence electrons. The van der Waals surface area contributed by atoms with E-state index in [9.17, 15) is 9.59 Å². The van der Waals surface area contributed by atoms with Crippen molar-refractivity contribution in [2.45, 2.75) is 85.3 Å². The van der Waals surface area contributed by atoms with Crippen molar-refractivity contribution in [1.82, 2.24) is 25.2 Å². The summed E-state index contributed by atoms with van der Waals surface area (Å²) in [6.45, 7) is 12.8. The van der Waals surface area contributed by atoms with Crippen LogP contribution in [0.1, 0.15) is 77.5 Å². The summed E-state index contributed by atoms with van der Waals surface area (Å²) in [4.78, 5) is 25.8. The number of alkyl carbamates (subject to hydrolysis) is 1. The van der Waals surface area contributed by atoms with Crippen LogP contribution in [0, 0.1) is 0 Å². The van der Waals surface area contributed by atoms with E-state index in [0.29, 0.717) is 6.54 Å². The molecule has 0 fully saturated rings. The van der Waals surface area contributed by atoms with Crippen LogP contribution in [0.5, 0.6) is 0 Å². The van der Waals surface area contributed by atoms with E-state index >= 15 is 0 Å². The first-order valence-corrected chi connectivity index (χ1v) is 14.3. The fraction of sp³-hybridized carbons (Fsp3) is 0.484. The van der Waals surface area contributed by atoms with Gasteiger partial charge in [0.2, 0.25) is 0 Å². The summed E-state index contributed by atoms with van der Waals surface area (Å²) in [5.41, 5.74) is 4.65. The second-order valence-corrected chi connectivity index (χ2v) is 11.5. The molecule has 4 rings (SSSR count). The highest BCUT2D eigenvalue weighted by Crippen LogP contribution is 2.37. The minimum Gasteiger partial charge on any atom is -0.444 e. The Hall–Kier alpha value is -3.56. The first-order valence-electron chi connectivity index (χ1n) is 14.3. The molecule has 1 aromatic heterocycles. The Morgan fingerprint density at radius 3 is 2.52 bits per heavy atom. The summed E-state index contributed by atoms with van der Waals surface area (Å²) in [5.74, 6) is -0.0415. The van der Waals surface area contributed by atoms with Crippen LogP contribution >= 0.6 is 0 Å². The Bertz CT molecular complexity index is 1370. The molecule has 2 aromatic carbocycles. The molecule has 9 nitrogen and oxygen atoms in total. The van der Waals surface area contributed by atoms with Crippen molar-refractivity contribution in [3.05, 3.63) is 59.3 Å². The third-order valence-corrected chi connectivity index (χ3v) is 7.38. The molecule has 0 spiro atoms. The van der Waals surface area contributed by atoms with Crippen molar-refractivity contribution >= 4 is 34.8 Å². The first kappa shape index (κ1) is 29.4. The third kappa shape index (κ3) is 6.26. The van der Waals surface area contributed by atoms with Crippen LogP contribution in [0.4, 0.5) is 10.5 Å². The van der Waals surface area contributed by atoms with Crippen LogP contribution in [-0.4, -0.2) is 58.2 Å². The number of quaternary nitrogens is 1. The standard InChI is InChI=1S/C31H42N6O3/c1-7-18-36(19-17-24-11-9-13-28-26(24)20-32-35-28)37(22(3)38)29-14-10-12-23(27(29)21-33-37)15-16-25(8-2)34-30(39)40-31(4,5)6/h9-14,20-21,25H,7-8,15-19H2,1-6H3,(H-,32,34,35,39)/p+1. The summed E-state index contributed by atoms with van der Waals surface area (Å²) in [6, 6.07) is 12.3. The van der Waals surface area contributed by atoms with Crippen LogP contribution in [0.2, 0.25) is 0 Å². The maximum atomic E-state index is 13.4. The van der Waals surface area contributed by atoms with Gasteiger partial charge in [-0.2, -0.15) is 5.10 Å². The molecule has 2 unspecified atom stereocenters. The van der Waals surface area contributed by atoms with Gasteiger partial charge in [0.25, 0.3) is 0 Å². The van der Waals surface area contributed by atoms with Crippen LogP contribution < -0.4 is 10.0 Å². The lowest BCUT2D eigenvalue weighted by Gasteiger charge is -2.35. The quantitative estimate of drug-likeness (QED) is 0.293. The summed E-state index contributed by atoms with van der Waals surface area (Å²) < 4.78 is 5.29. The van der Waals surface area contributed by atoms with Gasteiger partial charge in [0.05, 0.1) is 43.5 Å². The van der Waals surface area contributed by atoms with E-state index in [1.807, 2.05) is 57.4 Å². The van der Waals surface area contributed by atoms with Gasteiger partial charge in [-0.25, -0.2) is 9.59 Å². The van der Waals surface area contributed by atoms with Crippen molar-refractivity contribution in [2.24, 2.45) is 5.10 Å². The molecule has 3 aromatic rings. The van der Waals surface area contributed by atoms with Crippen molar-refractivity contribution in [2.75, 3.05) is 13.1 Å². The molecule has 0 radical (unpaired) electrons. The van der Waals surface area contributed by atoms with Crippen molar-refractivity contribution in [1.29, 1.82) is 0 Å². The number of rotatable bonds is 11. The minimum atomic E-state index is -0.539. The molecule has 0 bridgehead atoms. The highest BCUT2D eigenvalue weighted by atomic mass is 16.6. The second-order valence-electron chi connectivity index (χ2n) is 11.5. The normalized spacial score (nSPS) is 17.3. The fourth-order valence-electron chi connectivity index (χ4n) is 5.46. The number of hydrogen-bond donors (Lipinski definition) is 2. The molecule has 2 amide bonds. The van der Waals surface area contributed by atoms with Crippen molar-refractivity contribution in [3.8, 4) is 0 Å². The molecule has 0 aliphatic carbocycles. The zero-order chi connectivity index (χ0) is 28.9. The summed E-state index contributed by atoms with van der Waals surface area (Å²) >= 11 is 0. The van der Waals surface area contributed by atoms with Gasteiger partial charge in [-0.05, 0) is 74.8 Å². The number of fused-ring (bicyclic) bond motifs is 2. The number of carbonyl (C=O) groups is 2. The van der Waals surface area contributed by atoms with Gasteiger partial charge in [0.1, 0.15) is 5.60 Å². The fourth-order valence-corrected chi connectivity index (χ4v) is 5.46. The topological polar surface area (TPSA) is 99.7 Å². The SMILES string of the molecule is CCCN(CCc1cccc2[nH]ncc12)[N+]1(C(C)=O)N=Cc2c(CCC(CC)NC(=O)OC(C)(C)C)cccc21. The van der Waals surface area contributed by atoms with E-state index in [-0.39, 0.29) is 16.7 Å². The van der Waals surface area contributed by atoms with Crippen molar-refractivity contribution < 1.29 is 14.3 Å². The molecular weight excluding hydrogens is 504 g/mol. The number of ether oxygens (including phenoxy) is 1. The van der Waals surface area contributed by atoms with Gasteiger partial charge in [0, 0.05) is 17.5 Å². The van der Waals surface area contributed by atoms with Crippen molar-refractivity contribution in [3.63, 3.8) is 0 Å². The van der Waals surface area contributed by atoms with E-state index in [4.69, 9.17) is 9.84 Å². The molecule has 40 heavy (non-hydrogen) atoms. The molecular formula is C31H43N6O3+. The lowest BCUT2D eigenvalue weighted by Crippen LogP contribution is -2.60. The Morgan fingerprint density at radius 2 is 1.82 bits per heavy atom. The Morgan fingerprint density at radius 1 is 1.07 bits per heavy atom. The molecule has 1 aliphatic heterocycles. The molecule has 9 heteroatoms. The average Bonchev–Trinajstić information content (AvgIpc) is 3.54. The van der Waals surface area contributed by atoms with Crippen LogP contribution in [0.3, 0.4) is 0 Å². The van der Waals surface area contributed by atoms with Crippen LogP contribution in [0.15, 0.2) is 47.7 Å². The number of benzene rings is 2. The smallest absolute Gasteiger partial charge is 0.407 e. The van der Waals surface area contributed by atoms with Gasteiger partial charge in [0.15, 0.2) is 5.69 Å². The summed E-state index contributed by atoms with van der Waals surface area (Å²) in [5, 5.41) is 18.4. The van der Waals surface area contributed by atoms with Gasteiger partial charge in [-0.1, -0.05) is 43.2 Å². The number of aromatic nitrogens is 2. The third-order valence-electron chi connectivity index (χ3n) is 7.38. The zero-order valence-corrected chi connectivity index (χ0v) is 24.7. The second kappa shape index (κ2) is 12.3. The van der Waals surface area contributed by atoms with Crippen LogP contribution in [0.25, 0.3) is 10.9 Å². The van der Waals surface area contributed by atoms with E-state index in [2.05, 4.69) is 46.5 Å². The number of hydrogen-bond acceptors (Lipinski definition) is 6. The number of amides is 2. The highest BCUT2D eigenvalue weighted by Gasteiger charge is 2.49. The maximum Gasteiger partial charge on any atom is 0.407 e. The lowest BCUT2D eigenvalue weighted by molar-refractivity contribution is -0.144. The Labute approximate surface area is 237 Å². The monoisotopic (exact) mass is 547 g/mol. The highest BCUT2D eigenvalue weighted by molar-refractivity contribution is 6.00. The molecule has 2 heterocycles. The van der Waals surface area contributed by atoms with Crippen LogP contribution in [-0.2, 0) is 22.4 Å². The predicted molar refractivity (Wildman–Crippen MR) is 160 cm³/mol. The van der Waals surface area contributed by atoms with E-state index in [0.717, 1.165) is 66.4 Å². The Balaban J connectivity index is 1.55. The van der Waals surface area contributed by atoms with E-state index in [1.165, 1.54) is 5.56 Å². The Kier molecular flexibility index (Phi) is 9.05. The number of nitrogens with zero attached hydrogens (tertiary/aromatic N) is 4. The molecule has 1 aliphatic rings.